The van der Waals surface area contributed by atoms with Gasteiger partial charge in [-0.3, -0.25) is 9.80 Å². The van der Waals surface area contributed by atoms with Gasteiger partial charge in [-0.2, -0.15) is 10.5 Å². The van der Waals surface area contributed by atoms with Crippen molar-refractivity contribution in [3.05, 3.63) is 112 Å². The van der Waals surface area contributed by atoms with Gasteiger partial charge in [-0.05, 0) is 89.5 Å². The van der Waals surface area contributed by atoms with Crippen LogP contribution in [0.1, 0.15) is 42.0 Å². The van der Waals surface area contributed by atoms with Crippen molar-refractivity contribution in [2.75, 3.05) is 32.7 Å². The molecule has 6 rings (SSSR count). The van der Waals surface area contributed by atoms with Gasteiger partial charge in [-0.1, -0.05) is 54.9 Å². The average Bonchev–Trinajstić information content (AvgIpc) is 3.43. The van der Waals surface area contributed by atoms with E-state index in [9.17, 15) is 10.5 Å². The highest BCUT2D eigenvalue weighted by Gasteiger charge is 2.21. The standard InChI is InChI=1S/C38H39ClN6/c1-27-17-30(23-42)20-32(18-27)35-26-45(12-4-11-40)38-10-9-29(21-34(35)38)24-43-13-15-44(16-14-43)25-36-33(7-3-8-37(36)39)31-6-2-5-28(19-31)22-41/h2-3,5-10,18-21,26-27H,4,11-17,24-25,40H2,1H3. The molecule has 1 aliphatic carbocycles. The first-order valence-electron chi connectivity index (χ1n) is 15.8. The molecule has 1 aliphatic heterocycles. The second kappa shape index (κ2) is 13.9. The van der Waals surface area contributed by atoms with Crippen molar-refractivity contribution in [1.29, 1.82) is 10.5 Å². The molecule has 4 aromatic rings. The van der Waals surface area contributed by atoms with Crippen LogP contribution >= 0.6 is 11.6 Å². The number of rotatable bonds is 9. The van der Waals surface area contributed by atoms with Crippen LogP contribution in [0, 0.1) is 28.6 Å². The maximum atomic E-state index is 9.64. The van der Waals surface area contributed by atoms with Crippen LogP contribution in [0.15, 0.2) is 84.6 Å². The molecule has 2 N–H and O–H groups in total. The number of hydrogen-bond acceptors (Lipinski definition) is 5. The van der Waals surface area contributed by atoms with Gasteiger partial charge in [0.2, 0.25) is 0 Å². The summed E-state index contributed by atoms with van der Waals surface area (Å²) in [5, 5.41) is 21.0. The molecular weight excluding hydrogens is 576 g/mol. The molecule has 45 heavy (non-hydrogen) atoms. The lowest BCUT2D eigenvalue weighted by Crippen LogP contribution is -2.45. The lowest BCUT2D eigenvalue weighted by atomic mass is 9.89. The Kier molecular flexibility index (Phi) is 9.50. The van der Waals surface area contributed by atoms with E-state index in [4.69, 9.17) is 17.3 Å². The van der Waals surface area contributed by atoms with E-state index in [0.717, 1.165) is 91.5 Å². The summed E-state index contributed by atoms with van der Waals surface area (Å²) in [5.74, 6) is 0.339. The Balaban J connectivity index is 1.18. The molecule has 3 aromatic carbocycles. The van der Waals surface area contributed by atoms with E-state index in [1.807, 2.05) is 36.4 Å². The monoisotopic (exact) mass is 614 g/mol. The minimum Gasteiger partial charge on any atom is -0.347 e. The third kappa shape index (κ3) is 6.91. The first-order chi connectivity index (χ1) is 21.9. The molecule has 2 aliphatic rings. The van der Waals surface area contributed by atoms with E-state index in [0.29, 0.717) is 18.0 Å². The Labute approximate surface area is 271 Å². The van der Waals surface area contributed by atoms with Crippen LogP contribution < -0.4 is 5.73 Å². The second-order valence-corrected chi connectivity index (χ2v) is 12.7. The Hall–Kier alpha value is -4.17. The third-order valence-electron chi connectivity index (χ3n) is 9.01. The summed E-state index contributed by atoms with van der Waals surface area (Å²) in [4.78, 5) is 5.01. The molecule has 2 heterocycles. The molecule has 1 atom stereocenters. The molecule has 0 radical (unpaired) electrons. The summed E-state index contributed by atoms with van der Waals surface area (Å²) in [5.41, 5.74) is 15.4. The molecule has 1 aromatic heterocycles. The van der Waals surface area contributed by atoms with Crippen LogP contribution in [-0.2, 0) is 19.6 Å². The summed E-state index contributed by atoms with van der Waals surface area (Å²) in [6.07, 6.45) is 8.34. The molecule has 1 saturated heterocycles. The minimum absolute atomic E-state index is 0.339. The SMILES string of the molecule is CC1C=C(c2cn(CCCN)c3ccc(CN4CCN(Cc5c(Cl)cccc5-c5cccc(C#N)c5)CC4)cc23)C=C(C#N)C1. The fraction of sp³-hybridized carbons (Fsp3) is 0.316. The molecule has 1 unspecified atom stereocenters. The number of nitrogens with zero attached hydrogens (tertiary/aromatic N) is 5. The van der Waals surface area contributed by atoms with Crippen molar-refractivity contribution >= 4 is 28.1 Å². The van der Waals surface area contributed by atoms with Crippen molar-refractivity contribution in [2.24, 2.45) is 11.7 Å². The predicted octanol–water partition coefficient (Wildman–Crippen LogP) is 7.37. The van der Waals surface area contributed by atoms with Crippen molar-refractivity contribution < 1.29 is 0 Å². The van der Waals surface area contributed by atoms with E-state index < -0.39 is 0 Å². The molecule has 7 heteroatoms. The lowest BCUT2D eigenvalue weighted by Gasteiger charge is -2.35. The van der Waals surface area contributed by atoms with E-state index in [-0.39, 0.29) is 0 Å². The number of hydrogen-bond donors (Lipinski definition) is 1. The van der Waals surface area contributed by atoms with Gasteiger partial charge in [0.15, 0.2) is 0 Å². The Morgan fingerprint density at radius 1 is 0.911 bits per heavy atom. The van der Waals surface area contributed by atoms with Crippen LogP contribution in [0.3, 0.4) is 0 Å². The molecule has 1 fully saturated rings. The number of benzene rings is 3. The molecule has 0 saturated carbocycles. The van der Waals surface area contributed by atoms with Crippen molar-refractivity contribution in [3.8, 4) is 23.3 Å². The number of fused-ring (bicyclic) bond motifs is 1. The van der Waals surface area contributed by atoms with Crippen LogP contribution in [0.25, 0.3) is 27.6 Å². The fourth-order valence-corrected chi connectivity index (χ4v) is 6.94. The number of nitriles is 2. The minimum atomic E-state index is 0.339. The third-order valence-corrected chi connectivity index (χ3v) is 9.37. The van der Waals surface area contributed by atoms with Crippen molar-refractivity contribution in [3.63, 3.8) is 0 Å². The van der Waals surface area contributed by atoms with Gasteiger partial charge in [0, 0.05) is 79.1 Å². The van der Waals surface area contributed by atoms with Gasteiger partial charge < -0.3 is 10.3 Å². The Morgan fingerprint density at radius 2 is 1.69 bits per heavy atom. The highest BCUT2D eigenvalue weighted by atomic mass is 35.5. The normalized spacial score (nSPS) is 17.5. The first-order valence-corrected chi connectivity index (χ1v) is 16.2. The van der Waals surface area contributed by atoms with Crippen molar-refractivity contribution in [1.82, 2.24) is 14.4 Å². The van der Waals surface area contributed by atoms with Crippen LogP contribution in [0.5, 0.6) is 0 Å². The first kappa shape index (κ1) is 30.8. The maximum absolute atomic E-state index is 9.64. The smallest absolute Gasteiger partial charge is 0.0991 e. The van der Waals surface area contributed by atoms with Gasteiger partial charge in [0.25, 0.3) is 0 Å². The molecule has 0 amide bonds. The van der Waals surface area contributed by atoms with E-state index >= 15 is 0 Å². The molecule has 228 valence electrons. The molecule has 0 spiro atoms. The number of halogens is 1. The van der Waals surface area contributed by atoms with Gasteiger partial charge in [0.05, 0.1) is 17.7 Å². The Bertz CT molecular complexity index is 1840. The maximum Gasteiger partial charge on any atom is 0.0991 e. The zero-order valence-electron chi connectivity index (χ0n) is 25.8. The van der Waals surface area contributed by atoms with Gasteiger partial charge >= 0.3 is 0 Å². The van der Waals surface area contributed by atoms with Gasteiger partial charge in [-0.15, -0.1) is 0 Å². The quantitative estimate of drug-likeness (QED) is 0.213. The fourth-order valence-electron chi connectivity index (χ4n) is 6.71. The summed E-state index contributed by atoms with van der Waals surface area (Å²) >= 11 is 6.75. The van der Waals surface area contributed by atoms with Crippen LogP contribution in [0.2, 0.25) is 5.02 Å². The van der Waals surface area contributed by atoms with E-state index in [1.165, 1.54) is 22.0 Å². The zero-order chi connectivity index (χ0) is 31.3. The van der Waals surface area contributed by atoms with Crippen LogP contribution in [0.4, 0.5) is 0 Å². The zero-order valence-corrected chi connectivity index (χ0v) is 26.6. The number of aromatic nitrogens is 1. The second-order valence-electron chi connectivity index (χ2n) is 12.3. The largest absolute Gasteiger partial charge is 0.347 e. The van der Waals surface area contributed by atoms with Gasteiger partial charge in [0.1, 0.15) is 0 Å². The van der Waals surface area contributed by atoms with Gasteiger partial charge in [-0.25, -0.2) is 0 Å². The summed E-state index contributed by atoms with van der Waals surface area (Å²) in [7, 11) is 0. The molecule has 0 bridgehead atoms. The summed E-state index contributed by atoms with van der Waals surface area (Å²) in [6.45, 7) is 9.25. The van der Waals surface area contributed by atoms with E-state index in [2.05, 4.69) is 76.0 Å². The summed E-state index contributed by atoms with van der Waals surface area (Å²) < 4.78 is 2.32. The highest BCUT2D eigenvalue weighted by Crippen LogP contribution is 2.35. The Morgan fingerprint density at radius 3 is 2.44 bits per heavy atom. The van der Waals surface area contributed by atoms with Crippen LogP contribution in [-0.4, -0.2) is 47.1 Å². The van der Waals surface area contributed by atoms with E-state index in [1.54, 1.807) is 0 Å². The molecule has 6 nitrogen and oxygen atoms in total. The number of nitrogens with two attached hydrogens (primary N) is 1. The molecular formula is C38H39ClN6. The lowest BCUT2D eigenvalue weighted by molar-refractivity contribution is 0.122. The number of aryl methyl sites for hydroxylation is 1. The number of allylic oxidation sites excluding steroid dienone is 4. The number of piperazine rings is 1. The highest BCUT2D eigenvalue weighted by molar-refractivity contribution is 6.31. The average molecular weight is 615 g/mol. The van der Waals surface area contributed by atoms with Crippen molar-refractivity contribution in [2.45, 2.75) is 39.4 Å². The topological polar surface area (TPSA) is 85.0 Å². The summed E-state index contributed by atoms with van der Waals surface area (Å²) in [6, 6.07) is 25.3. The predicted molar refractivity (Wildman–Crippen MR) is 183 cm³/mol.